The summed E-state index contributed by atoms with van der Waals surface area (Å²) in [6.07, 6.45) is 1.34. The van der Waals surface area contributed by atoms with E-state index in [2.05, 4.69) is 22.0 Å². The fraction of sp³-hybridized carbons (Fsp3) is 0.500. The summed E-state index contributed by atoms with van der Waals surface area (Å²) in [5.74, 6) is 0.119. The van der Waals surface area contributed by atoms with Crippen LogP contribution in [0.5, 0.6) is 0 Å². The van der Waals surface area contributed by atoms with Crippen molar-refractivity contribution in [3.63, 3.8) is 0 Å². The molecule has 0 spiro atoms. The van der Waals surface area contributed by atoms with E-state index in [0.717, 1.165) is 16.8 Å². The Morgan fingerprint density at radius 3 is 2.87 bits per heavy atom. The van der Waals surface area contributed by atoms with Crippen molar-refractivity contribution in [1.82, 2.24) is 4.90 Å². The molecule has 0 unspecified atom stereocenters. The van der Waals surface area contributed by atoms with Gasteiger partial charge in [-0.2, -0.15) is 0 Å². The zero-order valence-electron chi connectivity index (χ0n) is 8.70. The predicted octanol–water partition coefficient (Wildman–Crippen LogP) is 1.86. The van der Waals surface area contributed by atoms with E-state index >= 15 is 0 Å². The number of halogens is 1. The molecule has 0 aromatic carbocycles. The molecule has 2 N–H and O–H groups in total. The molecule has 5 heteroatoms. The van der Waals surface area contributed by atoms with Crippen molar-refractivity contribution < 1.29 is 4.79 Å². The topological polar surface area (TPSA) is 46.3 Å². The molecule has 0 bridgehead atoms. The first kappa shape index (κ1) is 12.7. The van der Waals surface area contributed by atoms with Crippen LogP contribution < -0.4 is 5.73 Å². The molecule has 1 heterocycles. The van der Waals surface area contributed by atoms with Crippen LogP contribution >= 0.6 is 27.3 Å². The molecule has 0 aliphatic rings. The first-order valence-corrected chi connectivity index (χ1v) is 6.42. The number of carbonyl (C=O) groups excluding carboxylic acids is 1. The zero-order valence-corrected chi connectivity index (χ0v) is 11.1. The smallest absolute Gasteiger partial charge is 0.223 e. The van der Waals surface area contributed by atoms with Crippen molar-refractivity contribution in [2.24, 2.45) is 5.73 Å². The molecule has 15 heavy (non-hydrogen) atoms. The van der Waals surface area contributed by atoms with Crippen LogP contribution in [-0.4, -0.2) is 30.9 Å². The van der Waals surface area contributed by atoms with Crippen molar-refractivity contribution in [2.45, 2.75) is 12.8 Å². The van der Waals surface area contributed by atoms with Crippen LogP contribution in [0.15, 0.2) is 15.9 Å². The van der Waals surface area contributed by atoms with Crippen molar-refractivity contribution >= 4 is 33.2 Å². The molecule has 84 valence electrons. The van der Waals surface area contributed by atoms with E-state index in [1.807, 2.05) is 13.1 Å². The number of thiophene rings is 1. The largest absolute Gasteiger partial charge is 0.345 e. The summed E-state index contributed by atoms with van der Waals surface area (Å²) in [5, 5.41) is 0. The second-order valence-electron chi connectivity index (χ2n) is 3.31. The summed E-state index contributed by atoms with van der Waals surface area (Å²) in [6.45, 7) is 1.18. The Bertz CT molecular complexity index is 327. The average molecular weight is 291 g/mol. The lowest BCUT2D eigenvalue weighted by atomic mass is 10.3. The van der Waals surface area contributed by atoms with Crippen molar-refractivity contribution in [2.75, 3.05) is 20.1 Å². The van der Waals surface area contributed by atoms with Crippen molar-refractivity contribution in [3.8, 4) is 0 Å². The highest BCUT2D eigenvalue weighted by Gasteiger charge is 2.07. The van der Waals surface area contributed by atoms with Crippen LogP contribution in [0.1, 0.15) is 11.3 Å². The first-order valence-electron chi connectivity index (χ1n) is 4.81. The average Bonchev–Trinajstić information content (AvgIpc) is 2.61. The lowest BCUT2D eigenvalue weighted by molar-refractivity contribution is -0.129. The molecule has 1 aromatic rings. The van der Waals surface area contributed by atoms with Crippen LogP contribution in [0.2, 0.25) is 0 Å². The Kier molecular flexibility index (Phi) is 5.28. The highest BCUT2D eigenvalue weighted by atomic mass is 79.9. The molecule has 0 aliphatic heterocycles. The highest BCUT2D eigenvalue weighted by Crippen LogP contribution is 2.22. The van der Waals surface area contributed by atoms with E-state index < -0.39 is 0 Å². The quantitative estimate of drug-likeness (QED) is 0.900. The van der Waals surface area contributed by atoms with Crippen LogP contribution in [0, 0.1) is 0 Å². The molecule has 0 atom stereocenters. The van der Waals surface area contributed by atoms with Crippen molar-refractivity contribution in [3.05, 3.63) is 20.8 Å². The molecule has 0 radical (unpaired) electrons. The number of nitrogens with two attached hydrogens (primary N) is 1. The summed E-state index contributed by atoms with van der Waals surface area (Å²) in [5.41, 5.74) is 5.33. The summed E-state index contributed by atoms with van der Waals surface area (Å²) in [6, 6.07) is 4.11. The lowest BCUT2D eigenvalue weighted by Gasteiger charge is -2.15. The van der Waals surface area contributed by atoms with Crippen molar-refractivity contribution in [1.29, 1.82) is 0 Å². The number of carbonyl (C=O) groups is 1. The van der Waals surface area contributed by atoms with E-state index in [9.17, 15) is 4.79 Å². The van der Waals surface area contributed by atoms with Gasteiger partial charge in [-0.25, -0.2) is 0 Å². The third-order valence-electron chi connectivity index (χ3n) is 2.11. The predicted molar refractivity (Wildman–Crippen MR) is 67.0 cm³/mol. The maximum atomic E-state index is 11.4. The third-order valence-corrected chi connectivity index (χ3v) is 3.79. The van der Waals surface area contributed by atoms with Gasteiger partial charge >= 0.3 is 0 Å². The van der Waals surface area contributed by atoms with E-state index in [-0.39, 0.29) is 5.91 Å². The molecule has 0 fully saturated rings. The molecule has 1 aromatic heterocycles. The van der Waals surface area contributed by atoms with Gasteiger partial charge in [0.1, 0.15) is 0 Å². The Balaban J connectivity index is 2.33. The number of likely N-dealkylation sites (N-methyl/N-ethyl adjacent to an activating group) is 1. The Morgan fingerprint density at radius 2 is 2.33 bits per heavy atom. The first-order chi connectivity index (χ1) is 7.13. The normalized spacial score (nSPS) is 10.3. The van der Waals surface area contributed by atoms with Gasteiger partial charge in [0, 0.05) is 31.4 Å². The van der Waals surface area contributed by atoms with Gasteiger partial charge in [-0.3, -0.25) is 4.79 Å². The highest BCUT2D eigenvalue weighted by molar-refractivity contribution is 9.11. The SMILES string of the molecule is CN(CCc1ccc(Br)s1)C(=O)CCN. The van der Waals surface area contributed by atoms with Crippen LogP contribution in [0.4, 0.5) is 0 Å². The summed E-state index contributed by atoms with van der Waals surface area (Å²) < 4.78 is 1.13. The third kappa shape index (κ3) is 4.32. The molecule has 0 saturated carbocycles. The summed E-state index contributed by atoms with van der Waals surface area (Å²) >= 11 is 5.12. The van der Waals surface area contributed by atoms with Gasteiger partial charge in [-0.05, 0) is 34.5 Å². The Morgan fingerprint density at radius 1 is 1.60 bits per heavy atom. The minimum atomic E-state index is 0.119. The number of amides is 1. The Hall–Kier alpha value is -0.390. The van der Waals surface area contributed by atoms with E-state index in [1.54, 1.807) is 16.2 Å². The summed E-state index contributed by atoms with van der Waals surface area (Å²) in [7, 11) is 1.82. The van der Waals surface area contributed by atoms with Gasteiger partial charge < -0.3 is 10.6 Å². The number of nitrogens with zero attached hydrogens (tertiary/aromatic N) is 1. The fourth-order valence-electron chi connectivity index (χ4n) is 1.20. The molecule has 0 saturated heterocycles. The molecule has 1 rings (SSSR count). The van der Waals surface area contributed by atoms with E-state index in [1.165, 1.54) is 4.88 Å². The Labute approximate surface area is 102 Å². The van der Waals surface area contributed by atoms with E-state index in [4.69, 9.17) is 5.73 Å². The molecular formula is C10H15BrN2OS. The van der Waals surface area contributed by atoms with Crippen LogP contribution in [0.3, 0.4) is 0 Å². The zero-order chi connectivity index (χ0) is 11.3. The molecular weight excluding hydrogens is 276 g/mol. The van der Waals surface area contributed by atoms with Crippen LogP contribution in [0.25, 0.3) is 0 Å². The lowest BCUT2D eigenvalue weighted by Crippen LogP contribution is -2.30. The minimum Gasteiger partial charge on any atom is -0.345 e. The standard InChI is InChI=1S/C10H15BrN2OS/c1-13(10(14)4-6-12)7-5-8-2-3-9(11)15-8/h2-3H,4-7,12H2,1H3. The summed E-state index contributed by atoms with van der Waals surface area (Å²) in [4.78, 5) is 14.4. The number of rotatable bonds is 5. The van der Waals surface area contributed by atoms with Crippen LogP contribution in [-0.2, 0) is 11.2 Å². The molecule has 0 aliphatic carbocycles. The molecule has 3 nitrogen and oxygen atoms in total. The van der Waals surface area contributed by atoms with Gasteiger partial charge in [0.25, 0.3) is 0 Å². The molecule has 1 amide bonds. The van der Waals surface area contributed by atoms with Gasteiger partial charge in [0.2, 0.25) is 5.91 Å². The number of hydrogen-bond acceptors (Lipinski definition) is 3. The number of hydrogen-bond donors (Lipinski definition) is 1. The maximum Gasteiger partial charge on any atom is 0.223 e. The monoisotopic (exact) mass is 290 g/mol. The second kappa shape index (κ2) is 6.25. The van der Waals surface area contributed by atoms with Gasteiger partial charge in [-0.15, -0.1) is 11.3 Å². The van der Waals surface area contributed by atoms with Gasteiger partial charge in [0.15, 0.2) is 0 Å². The van der Waals surface area contributed by atoms with Gasteiger partial charge in [0.05, 0.1) is 3.79 Å². The minimum absolute atomic E-state index is 0.119. The van der Waals surface area contributed by atoms with Gasteiger partial charge in [-0.1, -0.05) is 0 Å². The maximum absolute atomic E-state index is 11.4. The second-order valence-corrected chi connectivity index (χ2v) is 5.86. The van der Waals surface area contributed by atoms with E-state index in [0.29, 0.717) is 13.0 Å². The fourth-order valence-corrected chi connectivity index (χ4v) is 2.67.